The molecule has 0 atom stereocenters. The number of fused-ring (bicyclic) bond motifs is 1. The third kappa shape index (κ3) is 3.21. The van der Waals surface area contributed by atoms with Crippen molar-refractivity contribution in [3.05, 3.63) is 65.6 Å². The van der Waals surface area contributed by atoms with Gasteiger partial charge in [-0.2, -0.15) is 5.10 Å². The zero-order valence-electron chi connectivity index (χ0n) is 14.2. The van der Waals surface area contributed by atoms with Gasteiger partial charge in [0, 0.05) is 48.7 Å². The Hall–Kier alpha value is -3.06. The van der Waals surface area contributed by atoms with E-state index in [1.165, 1.54) is 0 Å². The van der Waals surface area contributed by atoms with E-state index in [1.54, 1.807) is 28.4 Å². The lowest BCUT2D eigenvalue weighted by Gasteiger charge is -2.02. The molecule has 0 fully saturated rings. The molecule has 0 spiro atoms. The Bertz CT molecular complexity index is 1050. The summed E-state index contributed by atoms with van der Waals surface area (Å²) in [7, 11) is 1.84. The summed E-state index contributed by atoms with van der Waals surface area (Å²) >= 11 is 1.60. The Kier molecular flexibility index (Phi) is 4.45. The first-order valence-corrected chi connectivity index (χ1v) is 9.15. The van der Waals surface area contributed by atoms with Gasteiger partial charge < -0.3 is 5.32 Å². The molecule has 26 heavy (non-hydrogen) atoms. The maximum atomic E-state index is 12.5. The van der Waals surface area contributed by atoms with Crippen LogP contribution in [0.3, 0.4) is 0 Å². The molecule has 3 aromatic heterocycles. The van der Waals surface area contributed by atoms with Gasteiger partial charge >= 0.3 is 0 Å². The maximum Gasteiger partial charge on any atom is 0.272 e. The van der Waals surface area contributed by atoms with Crippen molar-refractivity contribution in [3.63, 3.8) is 0 Å². The van der Waals surface area contributed by atoms with Crippen LogP contribution in [0, 0.1) is 0 Å². The first-order valence-electron chi connectivity index (χ1n) is 8.27. The lowest BCUT2D eigenvalue weighted by Crippen LogP contribution is -2.26. The van der Waals surface area contributed by atoms with E-state index in [0.29, 0.717) is 18.7 Å². The number of aryl methyl sites for hydroxylation is 1. The van der Waals surface area contributed by atoms with Gasteiger partial charge in [0.2, 0.25) is 0 Å². The molecule has 1 amide bonds. The van der Waals surface area contributed by atoms with Crippen LogP contribution in [0.4, 0.5) is 0 Å². The SMILES string of the molecule is Cn1nc(C(=O)NCCc2csc(-c3ccncc3)n2)c2ccccc21. The predicted octanol–water partition coefficient (Wildman–Crippen LogP) is 3.06. The van der Waals surface area contributed by atoms with Gasteiger partial charge in [0.1, 0.15) is 5.01 Å². The third-order valence-electron chi connectivity index (χ3n) is 4.12. The fourth-order valence-corrected chi connectivity index (χ4v) is 3.68. The van der Waals surface area contributed by atoms with E-state index < -0.39 is 0 Å². The van der Waals surface area contributed by atoms with E-state index in [9.17, 15) is 4.79 Å². The first-order chi connectivity index (χ1) is 12.7. The second-order valence-electron chi connectivity index (χ2n) is 5.88. The molecule has 0 bridgehead atoms. The van der Waals surface area contributed by atoms with Crippen molar-refractivity contribution < 1.29 is 4.79 Å². The molecule has 130 valence electrons. The Balaban J connectivity index is 1.40. The molecule has 0 aliphatic rings. The highest BCUT2D eigenvalue weighted by Crippen LogP contribution is 2.23. The van der Waals surface area contributed by atoms with Crippen molar-refractivity contribution in [2.75, 3.05) is 6.54 Å². The van der Waals surface area contributed by atoms with Crippen LogP contribution in [0.5, 0.6) is 0 Å². The first kappa shape index (κ1) is 16.4. The number of carbonyl (C=O) groups is 1. The van der Waals surface area contributed by atoms with E-state index in [-0.39, 0.29) is 5.91 Å². The highest BCUT2D eigenvalue weighted by Gasteiger charge is 2.15. The zero-order chi connectivity index (χ0) is 17.9. The average molecular weight is 363 g/mol. The van der Waals surface area contributed by atoms with Crippen LogP contribution >= 0.6 is 11.3 Å². The number of carbonyl (C=O) groups excluding carboxylic acids is 1. The van der Waals surface area contributed by atoms with Crippen molar-refractivity contribution in [2.45, 2.75) is 6.42 Å². The standard InChI is InChI=1S/C19H17N5OS/c1-24-16-5-3-2-4-15(16)17(23-24)18(25)21-11-8-14-12-26-19(22-14)13-6-9-20-10-7-13/h2-7,9-10,12H,8,11H2,1H3,(H,21,25). The molecule has 7 heteroatoms. The van der Waals surface area contributed by atoms with Crippen LogP contribution in [-0.2, 0) is 13.5 Å². The second-order valence-corrected chi connectivity index (χ2v) is 6.73. The van der Waals surface area contributed by atoms with Crippen LogP contribution in [-0.4, -0.2) is 32.2 Å². The summed E-state index contributed by atoms with van der Waals surface area (Å²) in [4.78, 5) is 21.1. The number of hydrogen-bond donors (Lipinski definition) is 1. The molecule has 0 aliphatic heterocycles. The maximum absolute atomic E-state index is 12.5. The molecular formula is C19H17N5OS. The molecule has 6 nitrogen and oxygen atoms in total. The molecule has 0 unspecified atom stereocenters. The largest absolute Gasteiger partial charge is 0.350 e. The predicted molar refractivity (Wildman–Crippen MR) is 102 cm³/mol. The highest BCUT2D eigenvalue weighted by molar-refractivity contribution is 7.13. The number of benzene rings is 1. The molecule has 4 aromatic rings. The Morgan fingerprint density at radius 2 is 2.00 bits per heavy atom. The summed E-state index contributed by atoms with van der Waals surface area (Å²) in [6, 6.07) is 11.6. The normalized spacial score (nSPS) is 11.0. The zero-order valence-corrected chi connectivity index (χ0v) is 15.0. The second kappa shape index (κ2) is 7.05. The van der Waals surface area contributed by atoms with Crippen molar-refractivity contribution in [2.24, 2.45) is 7.05 Å². The monoisotopic (exact) mass is 363 g/mol. The number of para-hydroxylation sites is 1. The summed E-state index contributed by atoms with van der Waals surface area (Å²) in [5.74, 6) is -0.161. The molecule has 1 N–H and O–H groups in total. The lowest BCUT2D eigenvalue weighted by atomic mass is 10.2. The summed E-state index contributed by atoms with van der Waals surface area (Å²) in [5.41, 5.74) is 3.42. The molecule has 1 aromatic carbocycles. The van der Waals surface area contributed by atoms with E-state index in [2.05, 4.69) is 20.4 Å². The number of thiazole rings is 1. The number of amides is 1. The van der Waals surface area contributed by atoms with E-state index >= 15 is 0 Å². The molecule has 3 heterocycles. The molecule has 0 radical (unpaired) electrons. The van der Waals surface area contributed by atoms with Crippen molar-refractivity contribution in [3.8, 4) is 10.6 Å². The minimum atomic E-state index is -0.161. The lowest BCUT2D eigenvalue weighted by molar-refractivity contribution is 0.0950. The minimum absolute atomic E-state index is 0.161. The van der Waals surface area contributed by atoms with Crippen molar-refractivity contribution in [1.29, 1.82) is 0 Å². The van der Waals surface area contributed by atoms with Gasteiger partial charge in [-0.05, 0) is 18.2 Å². The highest BCUT2D eigenvalue weighted by atomic mass is 32.1. The Morgan fingerprint density at radius 3 is 2.85 bits per heavy atom. The van der Waals surface area contributed by atoms with Crippen LogP contribution < -0.4 is 5.32 Å². The summed E-state index contributed by atoms with van der Waals surface area (Å²) in [6.07, 6.45) is 4.19. The Labute approximate surface area is 154 Å². The topological polar surface area (TPSA) is 72.7 Å². The summed E-state index contributed by atoms with van der Waals surface area (Å²) in [5, 5.41) is 11.1. The van der Waals surface area contributed by atoms with Gasteiger partial charge in [-0.25, -0.2) is 4.98 Å². The minimum Gasteiger partial charge on any atom is -0.350 e. The number of pyridine rings is 1. The van der Waals surface area contributed by atoms with Gasteiger partial charge in [-0.15, -0.1) is 11.3 Å². The molecule has 0 saturated carbocycles. The van der Waals surface area contributed by atoms with Crippen LogP contribution in [0.1, 0.15) is 16.2 Å². The third-order valence-corrected chi connectivity index (χ3v) is 5.06. The van der Waals surface area contributed by atoms with E-state index in [4.69, 9.17) is 0 Å². The molecule has 0 aliphatic carbocycles. The smallest absolute Gasteiger partial charge is 0.272 e. The quantitative estimate of drug-likeness (QED) is 0.591. The summed E-state index contributed by atoms with van der Waals surface area (Å²) in [6.45, 7) is 0.517. The summed E-state index contributed by atoms with van der Waals surface area (Å²) < 4.78 is 1.73. The van der Waals surface area contributed by atoms with Crippen LogP contribution in [0.2, 0.25) is 0 Å². The van der Waals surface area contributed by atoms with E-state index in [0.717, 1.165) is 27.2 Å². The van der Waals surface area contributed by atoms with Gasteiger partial charge in [0.15, 0.2) is 5.69 Å². The number of nitrogens with one attached hydrogen (secondary N) is 1. The number of hydrogen-bond acceptors (Lipinski definition) is 5. The van der Waals surface area contributed by atoms with Gasteiger partial charge in [0.05, 0.1) is 11.2 Å². The van der Waals surface area contributed by atoms with Gasteiger partial charge in [0.25, 0.3) is 5.91 Å². The van der Waals surface area contributed by atoms with Crippen molar-refractivity contribution >= 4 is 28.1 Å². The fraction of sp³-hybridized carbons (Fsp3) is 0.158. The molecule has 4 rings (SSSR count). The van der Waals surface area contributed by atoms with Gasteiger partial charge in [-0.3, -0.25) is 14.5 Å². The van der Waals surface area contributed by atoms with E-state index in [1.807, 2.05) is 48.8 Å². The van der Waals surface area contributed by atoms with Crippen molar-refractivity contribution in [1.82, 2.24) is 25.1 Å². The molecule has 0 saturated heterocycles. The number of aromatic nitrogens is 4. The Morgan fingerprint density at radius 1 is 1.19 bits per heavy atom. The molecular weight excluding hydrogens is 346 g/mol. The number of rotatable bonds is 5. The van der Waals surface area contributed by atoms with Crippen LogP contribution in [0.15, 0.2) is 54.2 Å². The number of nitrogens with zero attached hydrogens (tertiary/aromatic N) is 4. The average Bonchev–Trinajstić information content (AvgIpc) is 3.28. The fourth-order valence-electron chi connectivity index (χ4n) is 2.82. The van der Waals surface area contributed by atoms with Gasteiger partial charge in [-0.1, -0.05) is 18.2 Å². The van der Waals surface area contributed by atoms with Crippen LogP contribution in [0.25, 0.3) is 21.5 Å².